The van der Waals surface area contributed by atoms with Crippen LogP contribution in [-0.2, 0) is 28.7 Å². The minimum Gasteiger partial charge on any atom is -0.465 e. The SMILES string of the molecule is COC(=O)c1c(NC(=O)c2ccc3c(c2)CC(c2ccccc2)OC3=O)sc2c1CCCC2. The fraction of sp³-hybridized carbons (Fsp3) is 0.269. The summed E-state index contributed by atoms with van der Waals surface area (Å²) in [6, 6.07) is 14.6. The van der Waals surface area contributed by atoms with Gasteiger partial charge in [-0.05, 0) is 60.6 Å². The van der Waals surface area contributed by atoms with Gasteiger partial charge in [0.15, 0.2) is 0 Å². The molecule has 0 fully saturated rings. The summed E-state index contributed by atoms with van der Waals surface area (Å²) in [5.41, 5.74) is 4.05. The van der Waals surface area contributed by atoms with E-state index in [1.165, 1.54) is 18.4 Å². The summed E-state index contributed by atoms with van der Waals surface area (Å²) in [7, 11) is 1.35. The van der Waals surface area contributed by atoms with Crippen LogP contribution in [0, 0.1) is 0 Å². The fourth-order valence-corrected chi connectivity index (χ4v) is 5.81. The molecule has 0 saturated carbocycles. The molecular weight excluding hydrogens is 438 g/mol. The van der Waals surface area contributed by atoms with Gasteiger partial charge in [-0.3, -0.25) is 4.79 Å². The Labute approximate surface area is 195 Å². The number of esters is 2. The van der Waals surface area contributed by atoms with Crippen molar-refractivity contribution in [1.29, 1.82) is 0 Å². The zero-order chi connectivity index (χ0) is 22.9. The minimum absolute atomic E-state index is 0.322. The smallest absolute Gasteiger partial charge is 0.341 e. The van der Waals surface area contributed by atoms with Crippen LogP contribution in [0.4, 0.5) is 5.00 Å². The number of hydrogen-bond donors (Lipinski definition) is 1. The molecule has 1 aromatic heterocycles. The molecular formula is C26H23NO5S. The van der Waals surface area contributed by atoms with E-state index in [2.05, 4.69) is 5.32 Å². The normalized spacial score (nSPS) is 16.9. The maximum Gasteiger partial charge on any atom is 0.341 e. The van der Waals surface area contributed by atoms with Gasteiger partial charge >= 0.3 is 11.9 Å². The molecule has 7 heteroatoms. The number of fused-ring (bicyclic) bond motifs is 2. The number of amides is 1. The summed E-state index contributed by atoms with van der Waals surface area (Å²) in [5, 5.41) is 3.45. The Kier molecular flexibility index (Phi) is 5.72. The predicted molar refractivity (Wildman–Crippen MR) is 125 cm³/mol. The van der Waals surface area contributed by atoms with E-state index in [1.54, 1.807) is 18.2 Å². The highest BCUT2D eigenvalue weighted by molar-refractivity contribution is 7.17. The van der Waals surface area contributed by atoms with E-state index in [-0.39, 0.29) is 12.0 Å². The quantitative estimate of drug-likeness (QED) is 0.546. The van der Waals surface area contributed by atoms with E-state index < -0.39 is 11.9 Å². The number of benzene rings is 2. The van der Waals surface area contributed by atoms with Gasteiger partial charge in [0.1, 0.15) is 11.1 Å². The lowest BCUT2D eigenvalue weighted by Gasteiger charge is -2.25. The van der Waals surface area contributed by atoms with Crippen molar-refractivity contribution in [3.8, 4) is 0 Å². The number of carbonyl (C=O) groups excluding carboxylic acids is 3. The van der Waals surface area contributed by atoms with Gasteiger partial charge < -0.3 is 14.8 Å². The van der Waals surface area contributed by atoms with Crippen LogP contribution in [-0.4, -0.2) is 25.0 Å². The van der Waals surface area contributed by atoms with Crippen molar-refractivity contribution in [3.63, 3.8) is 0 Å². The van der Waals surface area contributed by atoms with E-state index >= 15 is 0 Å². The molecule has 1 unspecified atom stereocenters. The van der Waals surface area contributed by atoms with Crippen LogP contribution in [0.5, 0.6) is 0 Å². The highest BCUT2D eigenvalue weighted by Gasteiger charge is 2.30. The molecule has 0 radical (unpaired) electrons. The molecule has 1 N–H and O–H groups in total. The molecule has 1 amide bonds. The first-order chi connectivity index (χ1) is 16.0. The molecule has 33 heavy (non-hydrogen) atoms. The summed E-state index contributed by atoms with van der Waals surface area (Å²) in [5.74, 6) is -1.14. The molecule has 1 aliphatic carbocycles. The monoisotopic (exact) mass is 461 g/mol. The Bertz CT molecular complexity index is 1250. The van der Waals surface area contributed by atoms with Crippen LogP contribution >= 0.6 is 11.3 Å². The Morgan fingerprint density at radius 1 is 1.09 bits per heavy atom. The third-order valence-corrected chi connectivity index (χ3v) is 7.41. The highest BCUT2D eigenvalue weighted by Crippen LogP contribution is 2.39. The Balaban J connectivity index is 1.43. The molecule has 1 atom stereocenters. The van der Waals surface area contributed by atoms with Crippen LogP contribution < -0.4 is 5.32 Å². The number of aryl methyl sites for hydroxylation is 1. The molecule has 0 spiro atoms. The van der Waals surface area contributed by atoms with Crippen LogP contribution in [0.3, 0.4) is 0 Å². The number of rotatable bonds is 4. The van der Waals surface area contributed by atoms with Gasteiger partial charge in [0.05, 0.1) is 18.2 Å². The second-order valence-electron chi connectivity index (χ2n) is 8.24. The second kappa shape index (κ2) is 8.83. The van der Waals surface area contributed by atoms with E-state index in [1.807, 2.05) is 30.3 Å². The lowest BCUT2D eigenvalue weighted by Crippen LogP contribution is -2.23. The van der Waals surface area contributed by atoms with Crippen molar-refractivity contribution in [3.05, 3.63) is 86.8 Å². The number of ether oxygens (including phenoxy) is 2. The summed E-state index contributed by atoms with van der Waals surface area (Å²) in [4.78, 5) is 39.3. The summed E-state index contributed by atoms with van der Waals surface area (Å²) < 4.78 is 10.6. The summed E-state index contributed by atoms with van der Waals surface area (Å²) in [6.45, 7) is 0. The van der Waals surface area contributed by atoms with Crippen LogP contribution in [0.25, 0.3) is 0 Å². The number of thiophene rings is 1. The Morgan fingerprint density at radius 3 is 2.67 bits per heavy atom. The summed E-state index contributed by atoms with van der Waals surface area (Å²) in [6.07, 6.45) is 3.91. The van der Waals surface area contributed by atoms with Crippen molar-refractivity contribution >= 4 is 34.2 Å². The lowest BCUT2D eigenvalue weighted by molar-refractivity contribution is 0.0252. The average molecular weight is 462 g/mol. The van der Waals surface area contributed by atoms with Crippen molar-refractivity contribution in [2.45, 2.75) is 38.2 Å². The van der Waals surface area contributed by atoms with Crippen molar-refractivity contribution < 1.29 is 23.9 Å². The van der Waals surface area contributed by atoms with Crippen molar-refractivity contribution in [1.82, 2.24) is 0 Å². The molecule has 168 valence electrons. The Hall–Kier alpha value is -3.45. The molecule has 0 bridgehead atoms. The van der Waals surface area contributed by atoms with E-state index in [0.29, 0.717) is 28.1 Å². The molecule has 5 rings (SSSR count). The largest absolute Gasteiger partial charge is 0.465 e. The first-order valence-corrected chi connectivity index (χ1v) is 11.8. The lowest BCUT2D eigenvalue weighted by atomic mass is 9.93. The van der Waals surface area contributed by atoms with Crippen LogP contribution in [0.1, 0.15) is 71.6 Å². The van der Waals surface area contributed by atoms with Gasteiger partial charge in [-0.15, -0.1) is 11.3 Å². The van der Waals surface area contributed by atoms with Crippen LogP contribution in [0.15, 0.2) is 48.5 Å². The molecule has 1 aliphatic heterocycles. The van der Waals surface area contributed by atoms with Crippen molar-refractivity contribution in [2.75, 3.05) is 12.4 Å². The topological polar surface area (TPSA) is 81.7 Å². The maximum atomic E-state index is 13.1. The number of hydrogen-bond acceptors (Lipinski definition) is 6. The molecule has 2 aliphatic rings. The van der Waals surface area contributed by atoms with E-state index in [4.69, 9.17) is 9.47 Å². The van der Waals surface area contributed by atoms with E-state index in [0.717, 1.165) is 47.3 Å². The summed E-state index contributed by atoms with van der Waals surface area (Å²) >= 11 is 1.45. The fourth-order valence-electron chi connectivity index (χ4n) is 4.54. The second-order valence-corrected chi connectivity index (χ2v) is 9.35. The predicted octanol–water partition coefficient (Wildman–Crippen LogP) is 5.12. The first kappa shape index (κ1) is 21.4. The number of nitrogens with one attached hydrogen (secondary N) is 1. The van der Waals surface area contributed by atoms with Gasteiger partial charge in [-0.2, -0.15) is 0 Å². The number of carbonyl (C=O) groups is 3. The van der Waals surface area contributed by atoms with Gasteiger partial charge in [0.25, 0.3) is 5.91 Å². The highest BCUT2D eigenvalue weighted by atomic mass is 32.1. The number of cyclic esters (lactones) is 1. The van der Waals surface area contributed by atoms with Crippen molar-refractivity contribution in [2.24, 2.45) is 0 Å². The Morgan fingerprint density at radius 2 is 1.88 bits per heavy atom. The standard InChI is InChI=1S/C26H23NO5S/c1-31-26(30)22-19-9-5-6-10-21(19)33-24(22)27-23(28)16-11-12-18-17(13-16)14-20(32-25(18)29)15-7-3-2-4-8-15/h2-4,7-8,11-13,20H,5-6,9-10,14H2,1H3,(H,27,28). The van der Waals surface area contributed by atoms with E-state index in [9.17, 15) is 14.4 Å². The molecule has 3 aromatic rings. The third kappa shape index (κ3) is 4.04. The average Bonchev–Trinajstić information content (AvgIpc) is 3.21. The van der Waals surface area contributed by atoms with Crippen LogP contribution in [0.2, 0.25) is 0 Å². The molecule has 0 saturated heterocycles. The van der Waals surface area contributed by atoms with Gasteiger partial charge in [-0.25, -0.2) is 9.59 Å². The molecule has 2 heterocycles. The number of methoxy groups -OCH3 is 1. The van der Waals surface area contributed by atoms with Gasteiger partial charge in [0.2, 0.25) is 0 Å². The first-order valence-electron chi connectivity index (χ1n) is 11.0. The maximum absolute atomic E-state index is 13.1. The number of anilines is 1. The van der Waals surface area contributed by atoms with Gasteiger partial charge in [0, 0.05) is 16.9 Å². The molecule has 6 nitrogen and oxygen atoms in total. The zero-order valence-corrected chi connectivity index (χ0v) is 19.0. The molecule has 2 aromatic carbocycles. The zero-order valence-electron chi connectivity index (χ0n) is 18.2. The van der Waals surface area contributed by atoms with Gasteiger partial charge in [-0.1, -0.05) is 30.3 Å². The third-order valence-electron chi connectivity index (χ3n) is 6.20. The minimum atomic E-state index is -0.427.